The third-order valence-corrected chi connectivity index (χ3v) is 3.85. The largest absolute Gasteiger partial charge is 0.480 e. The van der Waals surface area contributed by atoms with Crippen LogP contribution in [0.5, 0.6) is 0 Å². The van der Waals surface area contributed by atoms with Crippen LogP contribution in [0.3, 0.4) is 0 Å². The molecule has 3 N–H and O–H groups in total. The fraction of sp³-hybridized carbons (Fsp3) is 0.833. The molecule has 102 valence electrons. The second-order valence-electron chi connectivity index (χ2n) is 5.46. The third kappa shape index (κ3) is 2.75. The van der Waals surface area contributed by atoms with Crippen molar-refractivity contribution in [1.29, 1.82) is 0 Å². The number of carbonyl (C=O) groups is 2. The Hall–Kier alpha value is -1.30. The molecule has 6 heteroatoms. The van der Waals surface area contributed by atoms with Crippen LogP contribution in [0.1, 0.15) is 32.6 Å². The molecule has 1 aliphatic heterocycles. The van der Waals surface area contributed by atoms with Gasteiger partial charge in [0.05, 0.1) is 6.10 Å². The number of urea groups is 1. The number of aliphatic hydroxyl groups excluding tert-OH is 1. The zero-order chi connectivity index (χ0) is 13.3. The van der Waals surface area contributed by atoms with Gasteiger partial charge in [-0.25, -0.2) is 9.59 Å². The molecule has 0 aromatic rings. The summed E-state index contributed by atoms with van der Waals surface area (Å²) in [6.07, 6.45) is 2.36. The van der Waals surface area contributed by atoms with Crippen molar-refractivity contribution in [2.45, 2.75) is 50.8 Å². The standard InChI is InChI=1S/C12H20N2O4/c1-7-2-3-8(4-7)13-12(18)14-6-9(15)5-10(14)11(16)17/h7-10,15H,2-6H2,1H3,(H,13,18)(H,16,17)/t7?,8?,9?,10-/m0/s1. The first kappa shape index (κ1) is 13.1. The van der Waals surface area contributed by atoms with E-state index in [1.54, 1.807) is 0 Å². The van der Waals surface area contributed by atoms with E-state index in [4.69, 9.17) is 5.11 Å². The number of aliphatic hydroxyl groups is 1. The molecule has 0 spiro atoms. The quantitative estimate of drug-likeness (QED) is 0.667. The van der Waals surface area contributed by atoms with Crippen molar-refractivity contribution in [3.63, 3.8) is 0 Å². The lowest BCUT2D eigenvalue weighted by atomic mass is 10.1. The maximum atomic E-state index is 12.0. The van der Waals surface area contributed by atoms with Gasteiger partial charge >= 0.3 is 12.0 Å². The van der Waals surface area contributed by atoms with Crippen LogP contribution >= 0.6 is 0 Å². The van der Waals surface area contributed by atoms with Crippen molar-refractivity contribution in [2.24, 2.45) is 5.92 Å². The minimum atomic E-state index is -1.05. The highest BCUT2D eigenvalue weighted by molar-refractivity contribution is 5.83. The van der Waals surface area contributed by atoms with E-state index >= 15 is 0 Å². The van der Waals surface area contributed by atoms with E-state index in [-0.39, 0.29) is 25.0 Å². The Morgan fingerprint density at radius 1 is 1.28 bits per heavy atom. The van der Waals surface area contributed by atoms with Crippen LogP contribution in [-0.4, -0.2) is 51.8 Å². The van der Waals surface area contributed by atoms with Crippen LogP contribution in [0, 0.1) is 5.92 Å². The second-order valence-corrected chi connectivity index (χ2v) is 5.46. The first-order valence-electron chi connectivity index (χ1n) is 6.45. The molecule has 1 saturated heterocycles. The average Bonchev–Trinajstić information content (AvgIpc) is 2.85. The second kappa shape index (κ2) is 5.14. The summed E-state index contributed by atoms with van der Waals surface area (Å²) in [6.45, 7) is 2.25. The number of likely N-dealkylation sites (tertiary alicyclic amines) is 1. The Bertz CT molecular complexity index is 347. The van der Waals surface area contributed by atoms with Crippen molar-refractivity contribution in [1.82, 2.24) is 10.2 Å². The summed E-state index contributed by atoms with van der Waals surface area (Å²) in [5.41, 5.74) is 0. The Labute approximate surface area is 106 Å². The van der Waals surface area contributed by atoms with Crippen LogP contribution < -0.4 is 5.32 Å². The third-order valence-electron chi connectivity index (χ3n) is 3.85. The zero-order valence-corrected chi connectivity index (χ0v) is 10.5. The SMILES string of the molecule is CC1CCC(NC(=O)N2CC(O)C[C@H]2C(=O)O)C1. The van der Waals surface area contributed by atoms with Gasteiger partial charge in [0.2, 0.25) is 0 Å². The number of β-amino-alcohol motifs (C(OH)–C–C–N with tert-alkyl or cyclic N) is 1. The Morgan fingerprint density at radius 3 is 2.56 bits per heavy atom. The maximum Gasteiger partial charge on any atom is 0.326 e. The highest BCUT2D eigenvalue weighted by atomic mass is 16.4. The van der Waals surface area contributed by atoms with Crippen molar-refractivity contribution in [2.75, 3.05) is 6.54 Å². The van der Waals surface area contributed by atoms with Crippen molar-refractivity contribution in [3.05, 3.63) is 0 Å². The number of nitrogens with one attached hydrogen (secondary N) is 1. The van der Waals surface area contributed by atoms with Crippen molar-refractivity contribution < 1.29 is 19.8 Å². The van der Waals surface area contributed by atoms with E-state index < -0.39 is 18.1 Å². The summed E-state index contributed by atoms with van der Waals surface area (Å²) in [5, 5.41) is 21.4. The van der Waals surface area contributed by atoms with E-state index in [9.17, 15) is 14.7 Å². The van der Waals surface area contributed by atoms with Gasteiger partial charge in [0.15, 0.2) is 0 Å². The fourth-order valence-corrected chi connectivity index (χ4v) is 2.87. The number of hydrogen-bond donors (Lipinski definition) is 3. The van der Waals surface area contributed by atoms with Crippen molar-refractivity contribution >= 4 is 12.0 Å². The Morgan fingerprint density at radius 2 is 2.00 bits per heavy atom. The number of carboxylic acids is 1. The number of carboxylic acid groups (broad SMARTS) is 1. The molecule has 1 aliphatic carbocycles. The van der Waals surface area contributed by atoms with Gasteiger partial charge in [0.1, 0.15) is 6.04 Å². The molecule has 1 saturated carbocycles. The molecular weight excluding hydrogens is 236 g/mol. The zero-order valence-electron chi connectivity index (χ0n) is 10.5. The molecule has 0 aromatic carbocycles. The van der Waals surface area contributed by atoms with Gasteiger partial charge in [0.25, 0.3) is 0 Å². The maximum absolute atomic E-state index is 12.0. The first-order valence-corrected chi connectivity index (χ1v) is 6.45. The molecule has 2 amide bonds. The summed E-state index contributed by atoms with van der Waals surface area (Å²) < 4.78 is 0. The Balaban J connectivity index is 1.93. The van der Waals surface area contributed by atoms with Crippen LogP contribution in [0.4, 0.5) is 4.79 Å². The van der Waals surface area contributed by atoms with Crippen molar-refractivity contribution in [3.8, 4) is 0 Å². The highest BCUT2D eigenvalue weighted by Crippen LogP contribution is 2.25. The predicted molar refractivity (Wildman–Crippen MR) is 64.1 cm³/mol. The molecule has 2 fully saturated rings. The van der Waals surface area contributed by atoms with E-state index in [0.29, 0.717) is 5.92 Å². The monoisotopic (exact) mass is 256 g/mol. The fourth-order valence-electron chi connectivity index (χ4n) is 2.87. The molecule has 0 radical (unpaired) electrons. The van der Waals surface area contributed by atoms with Crippen LogP contribution in [-0.2, 0) is 4.79 Å². The number of carbonyl (C=O) groups excluding carboxylic acids is 1. The van der Waals surface area contributed by atoms with Crippen LogP contribution in [0.25, 0.3) is 0 Å². The molecule has 18 heavy (non-hydrogen) atoms. The summed E-state index contributed by atoms with van der Waals surface area (Å²) in [5.74, 6) is -0.448. The number of amides is 2. The van der Waals surface area contributed by atoms with E-state index in [0.717, 1.165) is 19.3 Å². The van der Waals surface area contributed by atoms with E-state index in [1.165, 1.54) is 4.90 Å². The summed E-state index contributed by atoms with van der Waals surface area (Å²) in [7, 11) is 0. The van der Waals surface area contributed by atoms with Gasteiger partial charge in [0, 0.05) is 19.0 Å². The lowest BCUT2D eigenvalue weighted by Gasteiger charge is -2.24. The van der Waals surface area contributed by atoms with Gasteiger partial charge in [-0.2, -0.15) is 0 Å². The van der Waals surface area contributed by atoms with Gasteiger partial charge < -0.3 is 20.4 Å². The lowest BCUT2D eigenvalue weighted by Crippen LogP contribution is -2.48. The van der Waals surface area contributed by atoms with Gasteiger partial charge in [-0.15, -0.1) is 0 Å². The lowest BCUT2D eigenvalue weighted by molar-refractivity contribution is -0.141. The topological polar surface area (TPSA) is 89.9 Å². The van der Waals surface area contributed by atoms with Crippen LogP contribution in [0.2, 0.25) is 0 Å². The molecule has 2 aliphatic rings. The molecule has 0 aromatic heterocycles. The average molecular weight is 256 g/mol. The molecule has 6 nitrogen and oxygen atoms in total. The molecule has 0 bridgehead atoms. The summed E-state index contributed by atoms with van der Waals surface area (Å²) in [4.78, 5) is 24.3. The minimum absolute atomic E-state index is 0.102. The highest BCUT2D eigenvalue weighted by Gasteiger charge is 2.39. The predicted octanol–water partition coefficient (Wildman–Crippen LogP) is 0.404. The van der Waals surface area contributed by atoms with E-state index in [1.807, 2.05) is 0 Å². The molecule has 4 atom stereocenters. The van der Waals surface area contributed by atoms with Gasteiger partial charge in [-0.05, 0) is 25.2 Å². The minimum Gasteiger partial charge on any atom is -0.480 e. The number of nitrogens with zero attached hydrogens (tertiary/aromatic N) is 1. The number of aliphatic carboxylic acids is 1. The smallest absolute Gasteiger partial charge is 0.326 e. The number of hydrogen-bond acceptors (Lipinski definition) is 3. The molecular formula is C12H20N2O4. The molecule has 2 rings (SSSR count). The molecule has 3 unspecified atom stereocenters. The van der Waals surface area contributed by atoms with Gasteiger partial charge in [-0.3, -0.25) is 0 Å². The normalized spacial score (nSPS) is 35.8. The molecule has 1 heterocycles. The summed E-state index contributed by atoms with van der Waals surface area (Å²) in [6, 6.07) is -1.13. The first-order chi connectivity index (χ1) is 8.47. The van der Waals surface area contributed by atoms with E-state index in [2.05, 4.69) is 12.2 Å². The number of rotatable bonds is 2. The summed E-state index contributed by atoms with van der Waals surface area (Å²) >= 11 is 0. The van der Waals surface area contributed by atoms with Gasteiger partial charge in [-0.1, -0.05) is 6.92 Å². The Kier molecular flexibility index (Phi) is 3.75. The van der Waals surface area contributed by atoms with Crippen LogP contribution in [0.15, 0.2) is 0 Å².